The van der Waals surface area contributed by atoms with Gasteiger partial charge in [-0.25, -0.2) is 4.39 Å². The molecule has 0 aliphatic heterocycles. The molecule has 0 saturated heterocycles. The molecule has 140 valence electrons. The summed E-state index contributed by atoms with van der Waals surface area (Å²) in [5.74, 6) is 0.0565. The Labute approximate surface area is 156 Å². The van der Waals surface area contributed by atoms with E-state index >= 15 is 0 Å². The molecule has 0 unspecified atom stereocenters. The summed E-state index contributed by atoms with van der Waals surface area (Å²) in [4.78, 5) is 24.0. The minimum Gasteiger partial charge on any atom is -0.484 e. The van der Waals surface area contributed by atoms with Crippen molar-refractivity contribution in [1.29, 1.82) is 0 Å². The Morgan fingerprint density at radius 2 is 1.96 bits per heavy atom. The van der Waals surface area contributed by atoms with Crippen LogP contribution in [0.5, 0.6) is 5.75 Å². The first-order valence-electron chi connectivity index (χ1n) is 9.05. The van der Waals surface area contributed by atoms with Gasteiger partial charge in [0.25, 0.3) is 5.91 Å². The maximum atomic E-state index is 13.3. The van der Waals surface area contributed by atoms with E-state index in [2.05, 4.69) is 10.6 Å². The molecule has 5 rings (SSSR count). The number of carbonyl (C=O) groups is 2. The van der Waals surface area contributed by atoms with Crippen LogP contribution in [0.25, 0.3) is 0 Å². The molecule has 26 heavy (non-hydrogen) atoms. The van der Waals surface area contributed by atoms with E-state index in [0.717, 1.165) is 38.2 Å². The maximum Gasteiger partial charge on any atom is 0.258 e. The van der Waals surface area contributed by atoms with Crippen LogP contribution in [0, 0.1) is 11.7 Å². The molecule has 0 spiro atoms. The molecule has 4 saturated carbocycles. The summed E-state index contributed by atoms with van der Waals surface area (Å²) in [6.45, 7) is 0.281. The number of hydrogen-bond acceptors (Lipinski definition) is 4. The van der Waals surface area contributed by atoms with Crippen molar-refractivity contribution in [3.8, 4) is 5.75 Å². The van der Waals surface area contributed by atoms with Gasteiger partial charge < -0.3 is 15.4 Å². The van der Waals surface area contributed by atoms with Gasteiger partial charge in [-0.15, -0.1) is 0 Å². The molecular formula is C19H22ClFN2O3. The fourth-order valence-corrected chi connectivity index (χ4v) is 4.42. The van der Waals surface area contributed by atoms with Gasteiger partial charge in [-0.1, -0.05) is 18.0 Å². The zero-order chi connectivity index (χ0) is 18.4. The van der Waals surface area contributed by atoms with Crippen LogP contribution in [0.4, 0.5) is 4.39 Å². The number of rotatable bonds is 8. The minimum atomic E-state index is -0.575. The van der Waals surface area contributed by atoms with E-state index in [1.54, 1.807) is 0 Å². The van der Waals surface area contributed by atoms with Gasteiger partial charge in [0, 0.05) is 23.1 Å². The maximum absolute atomic E-state index is 13.3. The largest absolute Gasteiger partial charge is 0.484 e. The summed E-state index contributed by atoms with van der Waals surface area (Å²) in [6.07, 6.45) is 5.77. The number of nitrogens with one attached hydrogen (secondary N) is 2. The van der Waals surface area contributed by atoms with E-state index in [4.69, 9.17) is 16.3 Å². The molecule has 0 aromatic heterocycles. The second kappa shape index (κ2) is 6.50. The van der Waals surface area contributed by atoms with Crippen molar-refractivity contribution in [2.45, 2.75) is 49.6 Å². The Balaban J connectivity index is 1.17. The molecule has 0 atom stereocenters. The molecule has 2 N–H and O–H groups in total. The van der Waals surface area contributed by atoms with Crippen LogP contribution in [0.1, 0.15) is 38.5 Å². The molecule has 4 aliphatic rings. The van der Waals surface area contributed by atoms with Crippen molar-refractivity contribution in [3.63, 3.8) is 0 Å². The van der Waals surface area contributed by atoms with Crippen LogP contribution in [0.2, 0.25) is 5.02 Å². The second-order valence-electron chi connectivity index (χ2n) is 7.95. The van der Waals surface area contributed by atoms with Gasteiger partial charge in [0.2, 0.25) is 0 Å². The first-order valence-corrected chi connectivity index (χ1v) is 9.43. The van der Waals surface area contributed by atoms with E-state index < -0.39 is 5.82 Å². The number of benzene rings is 1. The molecule has 4 fully saturated rings. The lowest BCUT2D eigenvalue weighted by Crippen LogP contribution is -2.83. The smallest absolute Gasteiger partial charge is 0.258 e. The normalized spacial score (nSPS) is 29.2. The van der Waals surface area contributed by atoms with E-state index in [-0.39, 0.29) is 40.3 Å². The van der Waals surface area contributed by atoms with Gasteiger partial charge in [0.05, 0.1) is 11.6 Å². The number of carbonyl (C=O) groups excluding carboxylic acids is 2. The Morgan fingerprint density at radius 1 is 1.23 bits per heavy atom. The first-order chi connectivity index (χ1) is 12.4. The van der Waals surface area contributed by atoms with E-state index in [0.29, 0.717) is 12.3 Å². The summed E-state index contributed by atoms with van der Waals surface area (Å²) < 4.78 is 18.7. The third-order valence-corrected chi connectivity index (χ3v) is 6.20. The van der Waals surface area contributed by atoms with Crippen LogP contribution < -0.4 is 15.4 Å². The van der Waals surface area contributed by atoms with Gasteiger partial charge in [0.15, 0.2) is 6.61 Å². The lowest BCUT2D eigenvalue weighted by molar-refractivity contribution is -0.145. The van der Waals surface area contributed by atoms with Crippen LogP contribution in [0.15, 0.2) is 18.2 Å². The van der Waals surface area contributed by atoms with E-state index in [1.807, 2.05) is 0 Å². The summed E-state index contributed by atoms with van der Waals surface area (Å²) in [5.41, 5.74) is -0.148. The van der Waals surface area contributed by atoms with Crippen LogP contribution in [-0.4, -0.2) is 35.9 Å². The molecule has 1 aromatic rings. The van der Waals surface area contributed by atoms with Crippen molar-refractivity contribution in [1.82, 2.24) is 10.6 Å². The molecule has 4 aliphatic carbocycles. The molecule has 7 heteroatoms. The Kier molecular flexibility index (Phi) is 4.43. The first kappa shape index (κ1) is 17.7. The summed E-state index contributed by atoms with van der Waals surface area (Å²) >= 11 is 5.61. The molecule has 0 radical (unpaired) electrons. The number of halogens is 2. The second-order valence-corrected chi connectivity index (χ2v) is 8.36. The highest BCUT2D eigenvalue weighted by molar-refractivity contribution is 6.30. The van der Waals surface area contributed by atoms with Gasteiger partial charge in [0.1, 0.15) is 17.3 Å². The number of amides is 1. The Hall–Kier alpha value is -1.66. The molecule has 1 aromatic carbocycles. The monoisotopic (exact) mass is 380 g/mol. The fourth-order valence-electron chi connectivity index (χ4n) is 4.30. The average molecular weight is 381 g/mol. The zero-order valence-electron chi connectivity index (χ0n) is 14.4. The third-order valence-electron chi connectivity index (χ3n) is 5.89. The molecule has 2 bridgehead atoms. The topological polar surface area (TPSA) is 67.4 Å². The summed E-state index contributed by atoms with van der Waals surface area (Å²) in [5, 5.41) is 6.41. The highest BCUT2D eigenvalue weighted by Crippen LogP contribution is 2.60. The average Bonchev–Trinajstić information content (AvgIpc) is 2.47. The Morgan fingerprint density at radius 3 is 2.58 bits per heavy atom. The number of Topliss-reactive ketones (excluding diaryl/α,β-unsaturated/α-hetero) is 1. The Bertz CT molecular complexity index is 731. The number of ether oxygens (including phenoxy) is 1. The highest BCUT2D eigenvalue weighted by atomic mass is 35.5. The lowest BCUT2D eigenvalue weighted by Gasteiger charge is -2.70. The predicted molar refractivity (Wildman–Crippen MR) is 94.7 cm³/mol. The summed E-state index contributed by atoms with van der Waals surface area (Å²) in [7, 11) is 0. The van der Waals surface area contributed by atoms with Crippen molar-refractivity contribution >= 4 is 23.3 Å². The van der Waals surface area contributed by atoms with Crippen molar-refractivity contribution in [2.75, 3.05) is 13.2 Å². The standard InChI is InChI=1S/C19H22ClFN2O3/c20-14-5-4-13(6-15(14)21)26-8-17(25)23-19-9-18(10-19,11-19)22-7-16(24)12-2-1-3-12/h4-6,12,22H,1-3,7-11H2,(H,23,25). The number of ketones is 1. The van der Waals surface area contributed by atoms with E-state index in [1.165, 1.54) is 18.6 Å². The molecule has 0 heterocycles. The SMILES string of the molecule is O=C(COc1ccc(Cl)c(F)c1)NC12CC(NCC(=O)C3CCC3)(C1)C2. The van der Waals surface area contributed by atoms with Crippen LogP contribution >= 0.6 is 11.6 Å². The van der Waals surface area contributed by atoms with Crippen LogP contribution in [0.3, 0.4) is 0 Å². The fraction of sp³-hybridized carbons (Fsp3) is 0.579. The third kappa shape index (κ3) is 3.32. The number of hydrogen-bond donors (Lipinski definition) is 2. The van der Waals surface area contributed by atoms with Gasteiger partial charge >= 0.3 is 0 Å². The van der Waals surface area contributed by atoms with Gasteiger partial charge in [-0.3, -0.25) is 9.59 Å². The van der Waals surface area contributed by atoms with Crippen molar-refractivity contribution < 1.29 is 18.7 Å². The molecule has 5 nitrogen and oxygen atoms in total. The van der Waals surface area contributed by atoms with Crippen molar-refractivity contribution in [3.05, 3.63) is 29.0 Å². The minimum absolute atomic E-state index is 0.0178. The van der Waals surface area contributed by atoms with Crippen molar-refractivity contribution in [2.24, 2.45) is 5.92 Å². The summed E-state index contributed by atoms with van der Waals surface area (Å²) in [6, 6.07) is 4.08. The zero-order valence-corrected chi connectivity index (χ0v) is 15.2. The predicted octanol–water partition coefficient (Wildman–Crippen LogP) is 2.61. The lowest BCUT2D eigenvalue weighted by atomic mass is 9.44. The van der Waals surface area contributed by atoms with E-state index in [9.17, 15) is 14.0 Å². The van der Waals surface area contributed by atoms with Crippen LogP contribution in [-0.2, 0) is 9.59 Å². The molecular weight excluding hydrogens is 359 g/mol. The van der Waals surface area contributed by atoms with Gasteiger partial charge in [-0.2, -0.15) is 0 Å². The molecule has 1 amide bonds. The highest BCUT2D eigenvalue weighted by Gasteiger charge is 2.68. The van der Waals surface area contributed by atoms with Gasteiger partial charge in [-0.05, 0) is 44.2 Å². The quantitative estimate of drug-likeness (QED) is 0.727.